The van der Waals surface area contributed by atoms with E-state index in [1.165, 1.54) is 11.5 Å². The molecule has 1 aliphatic rings. The van der Waals surface area contributed by atoms with E-state index in [1.54, 1.807) is 0 Å². The summed E-state index contributed by atoms with van der Waals surface area (Å²) in [6.45, 7) is 8.74. The molecule has 3 nitrogen and oxygen atoms in total. The molecular weight excluding hydrogens is 196 g/mol. The van der Waals surface area contributed by atoms with E-state index in [2.05, 4.69) is 11.8 Å². The molecule has 0 saturated carbocycles. The maximum atomic E-state index is 5.85. The van der Waals surface area contributed by atoms with E-state index < -0.39 is 0 Å². The largest absolute Gasteiger partial charge is 0.380 e. The van der Waals surface area contributed by atoms with Crippen molar-refractivity contribution in [1.29, 1.82) is 0 Å². The van der Waals surface area contributed by atoms with Gasteiger partial charge in [0, 0.05) is 37.7 Å². The minimum Gasteiger partial charge on any atom is -0.380 e. The highest BCUT2D eigenvalue weighted by molar-refractivity contribution is 7.99. The zero-order chi connectivity index (χ0) is 10.4. The second-order valence-corrected chi connectivity index (χ2v) is 5.16. The SMILES string of the molecule is CCOCC(C)(CN)N1CCSCC1. The topological polar surface area (TPSA) is 38.5 Å². The van der Waals surface area contributed by atoms with Gasteiger partial charge in [-0.1, -0.05) is 0 Å². The molecule has 14 heavy (non-hydrogen) atoms. The van der Waals surface area contributed by atoms with Gasteiger partial charge in [-0.05, 0) is 13.8 Å². The second-order valence-electron chi connectivity index (χ2n) is 3.94. The Hall–Kier alpha value is 0.230. The van der Waals surface area contributed by atoms with E-state index in [-0.39, 0.29) is 5.54 Å². The zero-order valence-electron chi connectivity index (χ0n) is 9.29. The lowest BCUT2D eigenvalue weighted by atomic mass is 10.0. The van der Waals surface area contributed by atoms with E-state index in [0.717, 1.165) is 26.3 Å². The summed E-state index contributed by atoms with van der Waals surface area (Å²) in [5.41, 5.74) is 5.89. The van der Waals surface area contributed by atoms with Crippen molar-refractivity contribution in [1.82, 2.24) is 4.90 Å². The van der Waals surface area contributed by atoms with Crippen molar-refractivity contribution in [2.45, 2.75) is 19.4 Å². The molecule has 0 bridgehead atoms. The van der Waals surface area contributed by atoms with Crippen molar-refractivity contribution in [2.75, 3.05) is 44.4 Å². The molecule has 1 unspecified atom stereocenters. The number of nitrogens with zero attached hydrogens (tertiary/aromatic N) is 1. The molecular formula is C10H22N2OS. The number of ether oxygens (including phenoxy) is 1. The minimum absolute atomic E-state index is 0.0387. The Kier molecular flexibility index (Phi) is 5.23. The number of hydrogen-bond acceptors (Lipinski definition) is 4. The second kappa shape index (κ2) is 5.95. The van der Waals surface area contributed by atoms with Crippen LogP contribution in [0.2, 0.25) is 0 Å². The van der Waals surface area contributed by atoms with E-state index in [0.29, 0.717) is 6.54 Å². The van der Waals surface area contributed by atoms with Crippen LogP contribution in [0, 0.1) is 0 Å². The van der Waals surface area contributed by atoms with Gasteiger partial charge in [0.25, 0.3) is 0 Å². The lowest BCUT2D eigenvalue weighted by Crippen LogP contribution is -2.57. The van der Waals surface area contributed by atoms with Crippen LogP contribution in [0.25, 0.3) is 0 Å². The van der Waals surface area contributed by atoms with Gasteiger partial charge in [-0.15, -0.1) is 0 Å². The van der Waals surface area contributed by atoms with Crippen molar-refractivity contribution < 1.29 is 4.74 Å². The van der Waals surface area contributed by atoms with Gasteiger partial charge in [0.15, 0.2) is 0 Å². The predicted molar refractivity (Wildman–Crippen MR) is 62.9 cm³/mol. The summed E-state index contributed by atoms with van der Waals surface area (Å²) in [5, 5.41) is 0. The van der Waals surface area contributed by atoms with Gasteiger partial charge in [0.2, 0.25) is 0 Å². The first-order valence-electron chi connectivity index (χ1n) is 5.33. The molecule has 1 heterocycles. The van der Waals surface area contributed by atoms with Crippen LogP contribution in [0.4, 0.5) is 0 Å². The van der Waals surface area contributed by atoms with Crippen LogP contribution in [-0.4, -0.2) is 54.8 Å². The molecule has 0 amide bonds. The third kappa shape index (κ3) is 3.12. The smallest absolute Gasteiger partial charge is 0.0659 e. The summed E-state index contributed by atoms with van der Waals surface area (Å²) >= 11 is 2.03. The molecule has 1 aliphatic heterocycles. The van der Waals surface area contributed by atoms with Gasteiger partial charge in [0.1, 0.15) is 0 Å². The molecule has 1 atom stereocenters. The molecule has 1 rings (SSSR count). The lowest BCUT2D eigenvalue weighted by Gasteiger charge is -2.42. The summed E-state index contributed by atoms with van der Waals surface area (Å²) in [4.78, 5) is 2.47. The first-order chi connectivity index (χ1) is 6.73. The molecule has 0 aromatic heterocycles. The molecule has 0 radical (unpaired) electrons. The summed E-state index contributed by atoms with van der Waals surface area (Å²) in [6.07, 6.45) is 0. The number of rotatable bonds is 5. The monoisotopic (exact) mass is 218 g/mol. The maximum absolute atomic E-state index is 5.85. The average Bonchev–Trinajstić information content (AvgIpc) is 2.27. The van der Waals surface area contributed by atoms with Gasteiger partial charge in [-0.2, -0.15) is 11.8 Å². The Morgan fingerprint density at radius 3 is 2.57 bits per heavy atom. The van der Waals surface area contributed by atoms with Gasteiger partial charge in [-0.25, -0.2) is 0 Å². The predicted octanol–water partition coefficient (Wildman–Crippen LogP) is 0.789. The molecule has 2 N–H and O–H groups in total. The molecule has 0 spiro atoms. The first kappa shape index (κ1) is 12.3. The van der Waals surface area contributed by atoms with Crippen molar-refractivity contribution in [3.63, 3.8) is 0 Å². The summed E-state index contributed by atoms with van der Waals surface area (Å²) in [6, 6.07) is 0. The lowest BCUT2D eigenvalue weighted by molar-refractivity contribution is 0.0154. The van der Waals surface area contributed by atoms with Crippen LogP contribution in [0.1, 0.15) is 13.8 Å². The average molecular weight is 218 g/mol. The van der Waals surface area contributed by atoms with Crippen LogP contribution in [0.5, 0.6) is 0 Å². The van der Waals surface area contributed by atoms with E-state index >= 15 is 0 Å². The highest BCUT2D eigenvalue weighted by atomic mass is 32.2. The quantitative estimate of drug-likeness (QED) is 0.740. The Morgan fingerprint density at radius 1 is 1.43 bits per heavy atom. The molecule has 84 valence electrons. The molecule has 0 aliphatic carbocycles. The van der Waals surface area contributed by atoms with Crippen molar-refractivity contribution in [3.8, 4) is 0 Å². The molecule has 1 fully saturated rings. The summed E-state index contributed by atoms with van der Waals surface area (Å²) in [7, 11) is 0. The maximum Gasteiger partial charge on any atom is 0.0659 e. The fraction of sp³-hybridized carbons (Fsp3) is 1.00. The number of thioether (sulfide) groups is 1. The normalized spacial score (nSPS) is 23.4. The van der Waals surface area contributed by atoms with Crippen LogP contribution in [0.15, 0.2) is 0 Å². The van der Waals surface area contributed by atoms with Gasteiger partial charge in [-0.3, -0.25) is 4.90 Å². The molecule has 4 heteroatoms. The molecule has 0 aromatic carbocycles. The third-order valence-electron chi connectivity index (χ3n) is 2.83. The third-order valence-corrected chi connectivity index (χ3v) is 3.77. The van der Waals surface area contributed by atoms with Gasteiger partial charge in [0.05, 0.1) is 12.1 Å². The van der Waals surface area contributed by atoms with Crippen LogP contribution in [-0.2, 0) is 4.74 Å². The summed E-state index contributed by atoms with van der Waals surface area (Å²) < 4.78 is 5.51. The van der Waals surface area contributed by atoms with Crippen molar-refractivity contribution in [3.05, 3.63) is 0 Å². The number of hydrogen-bond donors (Lipinski definition) is 1. The zero-order valence-corrected chi connectivity index (χ0v) is 10.1. The van der Waals surface area contributed by atoms with E-state index in [1.807, 2.05) is 18.7 Å². The van der Waals surface area contributed by atoms with Crippen LogP contribution in [0.3, 0.4) is 0 Å². The van der Waals surface area contributed by atoms with Crippen LogP contribution < -0.4 is 5.73 Å². The fourth-order valence-electron chi connectivity index (χ4n) is 1.70. The number of nitrogens with two attached hydrogens (primary N) is 1. The Labute approximate surface area is 91.4 Å². The Balaban J connectivity index is 2.47. The summed E-state index contributed by atoms with van der Waals surface area (Å²) in [5.74, 6) is 2.45. The van der Waals surface area contributed by atoms with Crippen molar-refractivity contribution >= 4 is 11.8 Å². The van der Waals surface area contributed by atoms with Gasteiger partial charge < -0.3 is 10.5 Å². The Bertz CT molecular complexity index is 162. The fourth-order valence-corrected chi connectivity index (χ4v) is 2.61. The minimum atomic E-state index is 0.0387. The van der Waals surface area contributed by atoms with Crippen LogP contribution >= 0.6 is 11.8 Å². The molecule has 1 saturated heterocycles. The van der Waals surface area contributed by atoms with E-state index in [4.69, 9.17) is 10.5 Å². The first-order valence-corrected chi connectivity index (χ1v) is 6.49. The highest BCUT2D eigenvalue weighted by Crippen LogP contribution is 2.20. The highest BCUT2D eigenvalue weighted by Gasteiger charge is 2.31. The van der Waals surface area contributed by atoms with E-state index in [9.17, 15) is 0 Å². The van der Waals surface area contributed by atoms with Crippen molar-refractivity contribution in [2.24, 2.45) is 5.73 Å². The molecule has 0 aromatic rings. The standard InChI is InChI=1S/C10H22N2OS/c1-3-13-9-10(2,8-11)12-4-6-14-7-5-12/h3-9,11H2,1-2H3. The van der Waals surface area contributed by atoms with Gasteiger partial charge >= 0.3 is 0 Å². The Morgan fingerprint density at radius 2 is 2.07 bits per heavy atom.